The number of imidazole rings is 1. The zero-order valence-corrected chi connectivity index (χ0v) is 21.8. The van der Waals surface area contributed by atoms with Crippen molar-refractivity contribution < 1.29 is 13.2 Å². The Morgan fingerprint density at radius 2 is 1.80 bits per heavy atom. The third kappa shape index (κ3) is 5.06. The van der Waals surface area contributed by atoms with Crippen LogP contribution in [-0.2, 0) is 23.6 Å². The molecule has 1 saturated heterocycles. The number of aromatic nitrogens is 2. The summed E-state index contributed by atoms with van der Waals surface area (Å²) in [4.78, 5) is 20.4. The summed E-state index contributed by atoms with van der Waals surface area (Å²) < 4.78 is 29.8. The summed E-state index contributed by atoms with van der Waals surface area (Å²) in [6, 6.07) is 12.8. The number of anilines is 1. The molecule has 8 nitrogen and oxygen atoms in total. The number of nitrogens with one attached hydrogen (secondary N) is 1. The van der Waals surface area contributed by atoms with E-state index in [1.165, 1.54) is 10.4 Å². The average Bonchev–Trinajstić information content (AvgIpc) is 3.18. The zero-order valence-electron chi connectivity index (χ0n) is 21.0. The van der Waals surface area contributed by atoms with E-state index in [9.17, 15) is 13.2 Å². The first kappa shape index (κ1) is 25.2. The van der Waals surface area contributed by atoms with Gasteiger partial charge in [-0.1, -0.05) is 32.9 Å². The van der Waals surface area contributed by atoms with Crippen molar-refractivity contribution in [2.45, 2.75) is 45.1 Å². The Labute approximate surface area is 208 Å². The molecule has 4 rings (SSSR count). The van der Waals surface area contributed by atoms with Gasteiger partial charge >= 0.3 is 0 Å². The summed E-state index contributed by atoms with van der Waals surface area (Å²) >= 11 is 0. The van der Waals surface area contributed by atoms with E-state index in [1.807, 2.05) is 49.7 Å². The Morgan fingerprint density at radius 3 is 2.46 bits per heavy atom. The molecule has 0 radical (unpaired) electrons. The van der Waals surface area contributed by atoms with Gasteiger partial charge in [0, 0.05) is 38.9 Å². The molecule has 3 aromatic rings. The number of hydrogen-bond donors (Lipinski definition) is 1. The van der Waals surface area contributed by atoms with Crippen molar-refractivity contribution in [3.05, 3.63) is 53.9 Å². The van der Waals surface area contributed by atoms with Crippen molar-refractivity contribution in [2.24, 2.45) is 13.0 Å². The molecule has 0 aliphatic carbocycles. The van der Waals surface area contributed by atoms with E-state index < -0.39 is 10.0 Å². The summed E-state index contributed by atoms with van der Waals surface area (Å²) in [7, 11) is -1.76. The number of para-hydroxylation sites is 2. The number of carbonyl (C=O) groups excluding carboxylic acids is 1. The zero-order chi connectivity index (χ0) is 25.2. The van der Waals surface area contributed by atoms with E-state index in [2.05, 4.69) is 22.1 Å². The number of aryl methyl sites for hydroxylation is 1. The van der Waals surface area contributed by atoms with Crippen LogP contribution < -0.4 is 10.2 Å². The van der Waals surface area contributed by atoms with Gasteiger partial charge in [-0.3, -0.25) is 4.79 Å². The molecule has 1 fully saturated rings. The number of sulfonamides is 1. The number of nitrogens with zero attached hydrogens (tertiary/aromatic N) is 4. The third-order valence-electron chi connectivity index (χ3n) is 6.97. The van der Waals surface area contributed by atoms with Crippen molar-refractivity contribution in [1.82, 2.24) is 19.2 Å². The van der Waals surface area contributed by atoms with Gasteiger partial charge in [0.25, 0.3) is 5.91 Å². The summed E-state index contributed by atoms with van der Waals surface area (Å²) in [5, 5.41) is 2.98. The molecule has 9 heteroatoms. The van der Waals surface area contributed by atoms with Crippen LogP contribution in [0.25, 0.3) is 11.0 Å². The van der Waals surface area contributed by atoms with Crippen LogP contribution in [0, 0.1) is 5.92 Å². The molecule has 0 saturated carbocycles. The SMILES string of the molecule is CCN(CC)S(=O)(=O)c1ccc(N2CCC(C)CC2)c(C(=O)NCc2nc3ccccc3n2C)c1. The summed E-state index contributed by atoms with van der Waals surface area (Å²) in [6.07, 6.45) is 2.08. The summed E-state index contributed by atoms with van der Waals surface area (Å²) in [5.74, 6) is 1.07. The van der Waals surface area contributed by atoms with Crippen LogP contribution in [0.2, 0.25) is 0 Å². The molecule has 0 spiro atoms. The first-order valence-corrected chi connectivity index (χ1v) is 13.8. The monoisotopic (exact) mass is 497 g/mol. The molecular formula is C26H35N5O3S. The van der Waals surface area contributed by atoms with Crippen molar-refractivity contribution >= 4 is 32.7 Å². The van der Waals surface area contributed by atoms with Crippen LogP contribution in [0.5, 0.6) is 0 Å². The lowest BCUT2D eigenvalue weighted by Gasteiger charge is -2.33. The van der Waals surface area contributed by atoms with Gasteiger partial charge in [0.1, 0.15) is 5.82 Å². The standard InChI is InChI=1S/C26H35N5O3S/c1-5-31(6-2)35(33,34)20-11-12-23(30-15-13-19(3)14-16-30)21(17-20)26(32)27-18-25-28-22-9-7-8-10-24(22)29(25)4/h7-12,17,19H,5-6,13-16,18H2,1-4H3,(H,27,32). The second kappa shape index (κ2) is 10.4. The quantitative estimate of drug-likeness (QED) is 0.512. The van der Waals surface area contributed by atoms with Gasteiger partial charge in [-0.2, -0.15) is 4.31 Å². The molecule has 188 valence electrons. The average molecular weight is 498 g/mol. The first-order chi connectivity index (χ1) is 16.8. The third-order valence-corrected chi connectivity index (χ3v) is 9.01. The highest BCUT2D eigenvalue weighted by Crippen LogP contribution is 2.29. The maximum Gasteiger partial charge on any atom is 0.253 e. The Bertz CT molecular complexity index is 1310. The van der Waals surface area contributed by atoms with E-state index in [0.717, 1.165) is 48.5 Å². The first-order valence-electron chi connectivity index (χ1n) is 12.3. The van der Waals surface area contributed by atoms with Crippen LogP contribution in [0.1, 0.15) is 49.8 Å². The minimum absolute atomic E-state index is 0.142. The number of fused-ring (bicyclic) bond motifs is 1. The van der Waals surface area contributed by atoms with Crippen LogP contribution in [-0.4, -0.2) is 54.4 Å². The lowest BCUT2D eigenvalue weighted by molar-refractivity contribution is 0.0950. The molecule has 2 aromatic carbocycles. The van der Waals surface area contributed by atoms with E-state index in [1.54, 1.807) is 12.1 Å². The lowest BCUT2D eigenvalue weighted by Crippen LogP contribution is -2.35. The molecule has 0 bridgehead atoms. The number of hydrogen-bond acceptors (Lipinski definition) is 5. The van der Waals surface area contributed by atoms with E-state index >= 15 is 0 Å². The molecule has 0 atom stereocenters. The molecule has 1 aromatic heterocycles. The van der Waals surface area contributed by atoms with Crippen LogP contribution in [0.15, 0.2) is 47.4 Å². The number of carbonyl (C=O) groups is 1. The van der Waals surface area contributed by atoms with Gasteiger partial charge in [0.05, 0.1) is 28.0 Å². The minimum atomic E-state index is -3.69. The van der Waals surface area contributed by atoms with Crippen LogP contribution in [0.4, 0.5) is 5.69 Å². The largest absolute Gasteiger partial charge is 0.371 e. The van der Waals surface area contributed by atoms with Gasteiger partial charge in [0.15, 0.2) is 0 Å². The predicted molar refractivity (Wildman–Crippen MR) is 139 cm³/mol. The number of benzene rings is 2. The van der Waals surface area contributed by atoms with Crippen LogP contribution >= 0.6 is 0 Å². The summed E-state index contributed by atoms with van der Waals surface area (Å²) in [5.41, 5.74) is 3.02. The number of amides is 1. The van der Waals surface area contributed by atoms with Crippen molar-refractivity contribution in [1.29, 1.82) is 0 Å². The molecule has 0 unspecified atom stereocenters. The highest BCUT2D eigenvalue weighted by atomic mass is 32.2. The Kier molecular flexibility index (Phi) is 7.47. The molecular weight excluding hydrogens is 462 g/mol. The van der Waals surface area contributed by atoms with Crippen molar-refractivity contribution in [3.63, 3.8) is 0 Å². The smallest absolute Gasteiger partial charge is 0.253 e. The maximum absolute atomic E-state index is 13.5. The van der Waals surface area contributed by atoms with E-state index in [4.69, 9.17) is 0 Å². The molecule has 1 aliphatic heterocycles. The predicted octanol–water partition coefficient (Wildman–Crippen LogP) is 3.77. The molecule has 1 amide bonds. The second-order valence-corrected chi connectivity index (χ2v) is 11.1. The van der Waals surface area contributed by atoms with Crippen LogP contribution in [0.3, 0.4) is 0 Å². The molecule has 1 N–H and O–H groups in total. The molecule has 35 heavy (non-hydrogen) atoms. The van der Waals surface area contributed by atoms with Gasteiger partial charge < -0.3 is 14.8 Å². The van der Waals surface area contributed by atoms with Crippen molar-refractivity contribution in [3.8, 4) is 0 Å². The van der Waals surface area contributed by atoms with E-state index in [-0.39, 0.29) is 17.3 Å². The summed E-state index contributed by atoms with van der Waals surface area (Å²) in [6.45, 7) is 8.54. The Hall–Kier alpha value is -2.91. The fourth-order valence-electron chi connectivity index (χ4n) is 4.70. The Morgan fingerprint density at radius 1 is 1.11 bits per heavy atom. The van der Waals surface area contributed by atoms with Crippen molar-refractivity contribution in [2.75, 3.05) is 31.1 Å². The highest BCUT2D eigenvalue weighted by Gasteiger charge is 2.27. The highest BCUT2D eigenvalue weighted by molar-refractivity contribution is 7.89. The Balaban J connectivity index is 1.66. The van der Waals surface area contributed by atoms with E-state index in [0.29, 0.717) is 24.6 Å². The van der Waals surface area contributed by atoms with Gasteiger partial charge in [-0.05, 0) is 49.1 Å². The fourth-order valence-corrected chi connectivity index (χ4v) is 6.19. The van der Waals surface area contributed by atoms with Gasteiger partial charge in [-0.15, -0.1) is 0 Å². The number of rotatable bonds is 8. The fraction of sp³-hybridized carbons (Fsp3) is 0.462. The lowest BCUT2D eigenvalue weighted by atomic mass is 9.98. The second-order valence-electron chi connectivity index (χ2n) is 9.20. The van der Waals surface area contributed by atoms with Gasteiger partial charge in [-0.25, -0.2) is 13.4 Å². The number of piperidine rings is 1. The normalized spacial score (nSPS) is 15.2. The minimum Gasteiger partial charge on any atom is -0.371 e. The maximum atomic E-state index is 13.5. The molecule has 2 heterocycles. The van der Waals surface area contributed by atoms with Gasteiger partial charge in [0.2, 0.25) is 10.0 Å². The molecule has 1 aliphatic rings. The topological polar surface area (TPSA) is 87.5 Å².